The second kappa shape index (κ2) is 7.89. The second-order valence-corrected chi connectivity index (χ2v) is 7.51. The van der Waals surface area contributed by atoms with Gasteiger partial charge in [0.15, 0.2) is 0 Å². The molecule has 0 aliphatic rings. The molecule has 3 aromatic carbocycles. The van der Waals surface area contributed by atoms with Crippen molar-refractivity contribution in [3.63, 3.8) is 0 Å². The van der Waals surface area contributed by atoms with E-state index in [-0.39, 0.29) is 0 Å². The zero-order chi connectivity index (χ0) is 19.5. The molecule has 0 aliphatic heterocycles. The molecule has 1 heterocycles. The highest BCUT2D eigenvalue weighted by atomic mass is 16.5. The number of rotatable bonds is 6. The first-order valence-corrected chi connectivity index (χ1v) is 9.87. The first kappa shape index (κ1) is 18.3. The Kier molecular flexibility index (Phi) is 5.16. The predicted molar refractivity (Wildman–Crippen MR) is 116 cm³/mol. The molecular formula is C25H26N2O. The van der Waals surface area contributed by atoms with Gasteiger partial charge in [0.2, 0.25) is 0 Å². The molecule has 142 valence electrons. The summed E-state index contributed by atoms with van der Waals surface area (Å²) in [7, 11) is 0. The number of ether oxygens (including phenoxy) is 1. The van der Waals surface area contributed by atoms with Crippen molar-refractivity contribution in [1.82, 2.24) is 9.55 Å². The van der Waals surface area contributed by atoms with Crippen LogP contribution in [0.15, 0.2) is 72.8 Å². The van der Waals surface area contributed by atoms with E-state index in [2.05, 4.69) is 92.1 Å². The molecule has 28 heavy (non-hydrogen) atoms. The van der Waals surface area contributed by atoms with Gasteiger partial charge in [-0.05, 0) is 42.7 Å². The number of nitrogens with zero attached hydrogens (tertiary/aromatic N) is 2. The third-order valence-corrected chi connectivity index (χ3v) is 5.09. The van der Waals surface area contributed by atoms with E-state index in [0.717, 1.165) is 34.7 Å². The fourth-order valence-electron chi connectivity index (χ4n) is 3.43. The SMILES string of the molecule is Cc1ccc(-c2nc3ccccc3n2CCOc2ccc(C(C)C)cc2)cc1. The number of aromatic nitrogens is 2. The Labute approximate surface area is 166 Å². The molecule has 3 heteroatoms. The summed E-state index contributed by atoms with van der Waals surface area (Å²) in [5.41, 5.74) is 5.86. The molecule has 4 rings (SSSR count). The molecule has 0 saturated carbocycles. The summed E-state index contributed by atoms with van der Waals surface area (Å²) in [5, 5.41) is 0. The summed E-state index contributed by atoms with van der Waals surface area (Å²) >= 11 is 0. The van der Waals surface area contributed by atoms with Crippen molar-refractivity contribution in [2.24, 2.45) is 0 Å². The Bertz CT molecular complexity index is 1060. The van der Waals surface area contributed by atoms with Crippen LogP contribution in [0.5, 0.6) is 5.75 Å². The minimum absolute atomic E-state index is 0.531. The molecule has 1 aromatic heterocycles. The van der Waals surface area contributed by atoms with E-state index < -0.39 is 0 Å². The Morgan fingerprint density at radius 1 is 0.893 bits per heavy atom. The minimum atomic E-state index is 0.531. The van der Waals surface area contributed by atoms with Gasteiger partial charge in [-0.15, -0.1) is 0 Å². The smallest absolute Gasteiger partial charge is 0.141 e. The highest BCUT2D eigenvalue weighted by Gasteiger charge is 2.12. The van der Waals surface area contributed by atoms with Crippen LogP contribution in [0.3, 0.4) is 0 Å². The summed E-state index contributed by atoms with van der Waals surface area (Å²) in [4.78, 5) is 4.88. The van der Waals surface area contributed by atoms with E-state index in [1.54, 1.807) is 0 Å². The van der Waals surface area contributed by atoms with Gasteiger partial charge in [0.1, 0.15) is 18.2 Å². The van der Waals surface area contributed by atoms with Crippen molar-refractivity contribution in [2.75, 3.05) is 6.61 Å². The van der Waals surface area contributed by atoms with Crippen LogP contribution in [0.2, 0.25) is 0 Å². The van der Waals surface area contributed by atoms with E-state index in [1.165, 1.54) is 11.1 Å². The van der Waals surface area contributed by atoms with E-state index in [0.29, 0.717) is 12.5 Å². The standard InChI is InChI=1S/C25H26N2O/c1-18(2)20-12-14-22(15-13-20)28-17-16-27-24-7-5-4-6-23(24)26-25(27)21-10-8-19(3)9-11-21/h4-15,18H,16-17H2,1-3H3. The lowest BCUT2D eigenvalue weighted by atomic mass is 10.0. The molecule has 0 fully saturated rings. The topological polar surface area (TPSA) is 27.1 Å². The van der Waals surface area contributed by atoms with E-state index in [4.69, 9.17) is 9.72 Å². The molecule has 4 aromatic rings. The summed E-state index contributed by atoms with van der Waals surface area (Å²) in [6.45, 7) is 7.85. The normalized spacial score (nSPS) is 11.3. The van der Waals surface area contributed by atoms with Gasteiger partial charge in [-0.3, -0.25) is 0 Å². The molecule has 0 bridgehead atoms. The number of imidazole rings is 1. The maximum absolute atomic E-state index is 6.02. The number of hydrogen-bond acceptors (Lipinski definition) is 2. The van der Waals surface area contributed by atoms with Crippen molar-refractivity contribution in [2.45, 2.75) is 33.2 Å². The van der Waals surface area contributed by atoms with E-state index >= 15 is 0 Å². The molecular weight excluding hydrogens is 344 g/mol. The fraction of sp³-hybridized carbons (Fsp3) is 0.240. The number of aryl methyl sites for hydroxylation is 1. The third-order valence-electron chi connectivity index (χ3n) is 5.09. The van der Waals surface area contributed by atoms with Crippen LogP contribution < -0.4 is 4.74 Å². The number of benzene rings is 3. The number of hydrogen-bond donors (Lipinski definition) is 0. The maximum atomic E-state index is 6.02. The molecule has 0 atom stereocenters. The maximum Gasteiger partial charge on any atom is 0.141 e. The molecule has 0 radical (unpaired) electrons. The number of para-hydroxylation sites is 2. The molecule has 0 N–H and O–H groups in total. The first-order valence-electron chi connectivity index (χ1n) is 9.87. The van der Waals surface area contributed by atoms with Crippen molar-refractivity contribution in [3.05, 3.63) is 83.9 Å². The summed E-state index contributed by atoms with van der Waals surface area (Å²) in [5.74, 6) is 2.43. The molecule has 0 amide bonds. The molecule has 0 saturated heterocycles. The van der Waals surface area contributed by atoms with Crippen molar-refractivity contribution < 1.29 is 4.74 Å². The zero-order valence-electron chi connectivity index (χ0n) is 16.7. The van der Waals surface area contributed by atoms with Crippen LogP contribution in [0.4, 0.5) is 0 Å². The van der Waals surface area contributed by atoms with Gasteiger partial charge < -0.3 is 9.30 Å². The van der Waals surface area contributed by atoms with E-state index in [9.17, 15) is 0 Å². The van der Waals surface area contributed by atoms with Crippen LogP contribution in [-0.4, -0.2) is 16.2 Å². The zero-order valence-corrected chi connectivity index (χ0v) is 16.7. The average molecular weight is 370 g/mol. The molecule has 3 nitrogen and oxygen atoms in total. The Balaban J connectivity index is 1.57. The quantitative estimate of drug-likeness (QED) is 0.403. The second-order valence-electron chi connectivity index (χ2n) is 7.51. The van der Waals surface area contributed by atoms with E-state index in [1.807, 2.05) is 6.07 Å². The highest BCUT2D eigenvalue weighted by molar-refractivity contribution is 5.80. The minimum Gasteiger partial charge on any atom is -0.492 e. The lowest BCUT2D eigenvalue weighted by Crippen LogP contribution is -2.09. The van der Waals surface area contributed by atoms with Crippen LogP contribution in [0.25, 0.3) is 22.4 Å². The molecule has 0 spiro atoms. The van der Waals surface area contributed by atoms with Gasteiger partial charge in [-0.2, -0.15) is 0 Å². The average Bonchev–Trinajstić information content (AvgIpc) is 3.08. The molecule has 0 unspecified atom stereocenters. The summed E-state index contributed by atoms with van der Waals surface area (Å²) in [6.07, 6.45) is 0. The van der Waals surface area contributed by atoms with Crippen LogP contribution in [0, 0.1) is 6.92 Å². The van der Waals surface area contributed by atoms with Gasteiger partial charge in [0, 0.05) is 5.56 Å². The first-order chi connectivity index (χ1) is 13.6. The van der Waals surface area contributed by atoms with Crippen LogP contribution in [-0.2, 0) is 6.54 Å². The Hall–Kier alpha value is -3.07. The summed E-state index contributed by atoms with van der Waals surface area (Å²) < 4.78 is 8.28. The van der Waals surface area contributed by atoms with Crippen molar-refractivity contribution >= 4 is 11.0 Å². The monoisotopic (exact) mass is 370 g/mol. The lowest BCUT2D eigenvalue weighted by molar-refractivity contribution is 0.300. The van der Waals surface area contributed by atoms with Gasteiger partial charge >= 0.3 is 0 Å². The van der Waals surface area contributed by atoms with Gasteiger partial charge in [0.25, 0.3) is 0 Å². The highest BCUT2D eigenvalue weighted by Crippen LogP contribution is 2.25. The van der Waals surface area contributed by atoms with Gasteiger partial charge in [-0.25, -0.2) is 4.98 Å². The molecule has 0 aliphatic carbocycles. The van der Waals surface area contributed by atoms with Crippen LogP contribution in [0.1, 0.15) is 30.9 Å². The third kappa shape index (κ3) is 3.79. The van der Waals surface area contributed by atoms with Crippen molar-refractivity contribution in [3.8, 4) is 17.1 Å². The van der Waals surface area contributed by atoms with Gasteiger partial charge in [0.05, 0.1) is 17.6 Å². The fourth-order valence-corrected chi connectivity index (χ4v) is 3.43. The Morgan fingerprint density at radius 2 is 1.61 bits per heavy atom. The summed E-state index contributed by atoms with van der Waals surface area (Å²) in [6, 6.07) is 25.2. The van der Waals surface area contributed by atoms with Crippen LogP contribution >= 0.6 is 0 Å². The lowest BCUT2D eigenvalue weighted by Gasteiger charge is -2.12. The largest absolute Gasteiger partial charge is 0.492 e. The Morgan fingerprint density at radius 3 is 2.32 bits per heavy atom. The number of fused-ring (bicyclic) bond motifs is 1. The predicted octanol–water partition coefficient (Wildman–Crippen LogP) is 6.21. The van der Waals surface area contributed by atoms with Gasteiger partial charge in [-0.1, -0.05) is 67.9 Å². The van der Waals surface area contributed by atoms with Crippen molar-refractivity contribution in [1.29, 1.82) is 0 Å².